The zero-order chi connectivity index (χ0) is 40.0. The Morgan fingerprint density at radius 1 is 0.915 bits per heavy atom. The van der Waals surface area contributed by atoms with E-state index in [4.69, 9.17) is 14.2 Å². The normalized spacial score (nSPS) is 43.3. The molecule has 59 heavy (non-hydrogen) atoms. The van der Waals surface area contributed by atoms with E-state index in [2.05, 4.69) is 75.9 Å². The highest BCUT2D eigenvalue weighted by molar-refractivity contribution is 8.77. The molecule has 6 nitrogen and oxygen atoms in total. The molecule has 12 atom stereocenters. The summed E-state index contributed by atoms with van der Waals surface area (Å²) in [6.45, 7) is 5.02. The summed E-state index contributed by atoms with van der Waals surface area (Å²) in [7, 11) is 6.11. The first-order valence-electron chi connectivity index (χ1n) is 23.9. The van der Waals surface area contributed by atoms with Crippen LogP contribution in [0.5, 0.6) is 0 Å². The number of hydrogen-bond donors (Lipinski definition) is 1. The predicted molar refractivity (Wildman–Crippen MR) is 237 cm³/mol. The van der Waals surface area contributed by atoms with E-state index >= 15 is 0 Å². The zero-order valence-electron chi connectivity index (χ0n) is 35.7. The van der Waals surface area contributed by atoms with Gasteiger partial charge in [0.1, 0.15) is 5.76 Å². The summed E-state index contributed by atoms with van der Waals surface area (Å²) in [5.41, 5.74) is 3.85. The number of carbonyl (C=O) groups is 1. The standard InChI is InChI=1S/C51H67NO5S2/c1-30-42-40-26-38-39-28-50(43(38)33-15-6-4-7-16-33)23-20-36(27-50)51(21-10-5-11-22-51)59-58-29-35-19-18-34(32-13-8-9-14-32)25-37(35)45(53)44(39)52(40)24-12-17-41(42)56-47(30)48-46(55-3)31(2)49(54)57-48/h4,6-7,15-17,19,30,32,34,36-40,42-45,53H,5,8-14,18,20-29H2,1-3H3. The summed E-state index contributed by atoms with van der Waals surface area (Å²) in [5.74, 6) is 7.43. The molecule has 5 aliphatic carbocycles. The van der Waals surface area contributed by atoms with Crippen LogP contribution in [-0.2, 0) is 19.0 Å². The van der Waals surface area contributed by atoms with Crippen LogP contribution in [-0.4, -0.2) is 58.3 Å². The molecule has 3 saturated heterocycles. The number of nitrogens with zero attached hydrogens (tertiary/aromatic N) is 1. The van der Waals surface area contributed by atoms with E-state index in [1.165, 1.54) is 89.9 Å². The van der Waals surface area contributed by atoms with Gasteiger partial charge in [-0.25, -0.2) is 4.79 Å². The van der Waals surface area contributed by atoms with Crippen LogP contribution >= 0.6 is 21.6 Å². The minimum Gasteiger partial charge on any atom is -0.492 e. The summed E-state index contributed by atoms with van der Waals surface area (Å²) in [6, 6.07) is 12.0. The van der Waals surface area contributed by atoms with Gasteiger partial charge >= 0.3 is 5.97 Å². The van der Waals surface area contributed by atoms with Gasteiger partial charge in [0.2, 0.25) is 5.76 Å². The van der Waals surface area contributed by atoms with E-state index < -0.39 is 6.10 Å². The van der Waals surface area contributed by atoms with Crippen molar-refractivity contribution in [2.75, 3.05) is 19.4 Å². The molecule has 12 unspecified atom stereocenters. The van der Waals surface area contributed by atoms with Gasteiger partial charge in [0.05, 0.1) is 18.8 Å². The van der Waals surface area contributed by atoms with Gasteiger partial charge in [-0.3, -0.25) is 4.90 Å². The van der Waals surface area contributed by atoms with E-state index in [9.17, 15) is 9.90 Å². The number of fused-ring (bicyclic) bond motifs is 7. The second kappa shape index (κ2) is 15.6. The second-order valence-electron chi connectivity index (χ2n) is 20.9. The van der Waals surface area contributed by atoms with Gasteiger partial charge in [-0.1, -0.05) is 115 Å². The molecule has 5 aliphatic heterocycles. The van der Waals surface area contributed by atoms with Crippen molar-refractivity contribution in [1.82, 2.24) is 4.90 Å². The Morgan fingerprint density at radius 2 is 1.73 bits per heavy atom. The van der Waals surface area contributed by atoms with Gasteiger partial charge in [-0.15, -0.1) is 0 Å². The molecule has 3 bridgehead atoms. The van der Waals surface area contributed by atoms with Gasteiger partial charge < -0.3 is 19.3 Å². The fraction of sp³-hybridized carbons (Fsp3) is 0.706. The highest BCUT2D eigenvalue weighted by Crippen LogP contribution is 2.71. The lowest BCUT2D eigenvalue weighted by atomic mass is 9.64. The maximum Gasteiger partial charge on any atom is 0.343 e. The lowest BCUT2D eigenvalue weighted by molar-refractivity contribution is -0.133. The van der Waals surface area contributed by atoms with Gasteiger partial charge in [-0.2, -0.15) is 0 Å². The second-order valence-corrected chi connectivity index (χ2v) is 23.6. The van der Waals surface area contributed by atoms with Crippen molar-refractivity contribution in [1.29, 1.82) is 0 Å². The van der Waals surface area contributed by atoms with E-state index in [0.29, 0.717) is 45.5 Å². The minimum atomic E-state index is -0.405. The van der Waals surface area contributed by atoms with Crippen LogP contribution in [0, 0.1) is 52.8 Å². The van der Waals surface area contributed by atoms with E-state index in [1.54, 1.807) is 25.2 Å². The number of ether oxygens (including phenoxy) is 3. The highest BCUT2D eigenvalue weighted by atomic mass is 33.1. The van der Waals surface area contributed by atoms with Crippen molar-refractivity contribution < 1.29 is 24.1 Å². The topological polar surface area (TPSA) is 68.2 Å². The molecule has 0 aromatic heterocycles. The fourth-order valence-electron chi connectivity index (χ4n) is 15.9. The molecule has 1 N–H and O–H groups in total. The van der Waals surface area contributed by atoms with Crippen molar-refractivity contribution in [3.8, 4) is 0 Å². The van der Waals surface area contributed by atoms with Gasteiger partial charge in [0, 0.05) is 46.9 Å². The Morgan fingerprint density at radius 3 is 2.53 bits per heavy atom. The maximum atomic E-state index is 13.7. The van der Waals surface area contributed by atoms with Crippen molar-refractivity contribution in [3.63, 3.8) is 0 Å². The molecular formula is C51H67NO5S2. The molecule has 318 valence electrons. The third-order valence-electron chi connectivity index (χ3n) is 18.4. The monoisotopic (exact) mass is 837 g/mol. The Labute approximate surface area is 361 Å². The smallest absolute Gasteiger partial charge is 0.343 e. The summed E-state index contributed by atoms with van der Waals surface area (Å²) in [5, 5.41) is 13.7. The van der Waals surface area contributed by atoms with Crippen LogP contribution in [0.4, 0.5) is 0 Å². The van der Waals surface area contributed by atoms with Crippen molar-refractivity contribution >= 4 is 27.6 Å². The molecule has 2 spiro atoms. The highest BCUT2D eigenvalue weighted by Gasteiger charge is 2.65. The van der Waals surface area contributed by atoms with Gasteiger partial charge in [0.25, 0.3) is 0 Å². The number of cyclic esters (lactones) is 1. The molecular weight excluding hydrogens is 771 g/mol. The van der Waals surface area contributed by atoms with E-state index in [-0.39, 0.29) is 41.2 Å². The molecule has 7 fully saturated rings. The van der Waals surface area contributed by atoms with Crippen LogP contribution in [0.1, 0.15) is 134 Å². The number of rotatable bonds is 3. The maximum absolute atomic E-state index is 13.7. The van der Waals surface area contributed by atoms with Crippen LogP contribution in [0.25, 0.3) is 0 Å². The quantitative estimate of drug-likeness (QED) is 0.183. The van der Waals surface area contributed by atoms with Crippen molar-refractivity contribution in [2.24, 2.45) is 52.8 Å². The minimum absolute atomic E-state index is 0.00325. The largest absolute Gasteiger partial charge is 0.492 e. The van der Waals surface area contributed by atoms with E-state index in [1.807, 2.05) is 0 Å². The number of methoxy groups -OCH3 is 1. The van der Waals surface area contributed by atoms with Crippen molar-refractivity contribution in [3.05, 3.63) is 82.2 Å². The fourth-order valence-corrected chi connectivity index (χ4v) is 19.6. The first-order valence-corrected chi connectivity index (χ1v) is 26.2. The molecule has 0 radical (unpaired) electrons. The number of hydrogen-bond acceptors (Lipinski definition) is 8. The molecule has 5 heterocycles. The third-order valence-corrected chi connectivity index (χ3v) is 21.8. The molecule has 4 saturated carbocycles. The molecule has 1 aromatic carbocycles. The summed E-state index contributed by atoms with van der Waals surface area (Å²) >= 11 is 0. The van der Waals surface area contributed by atoms with Gasteiger partial charge in [0.15, 0.2) is 11.5 Å². The van der Waals surface area contributed by atoms with Crippen LogP contribution < -0.4 is 0 Å². The molecule has 10 aliphatic rings. The molecule has 11 rings (SSSR count). The number of aliphatic hydroxyl groups excluding tert-OH is 1. The Balaban J connectivity index is 1.05. The number of benzene rings is 1. The number of carbonyl (C=O) groups excluding carboxylic acids is 1. The summed E-state index contributed by atoms with van der Waals surface area (Å²) < 4.78 is 19.0. The first kappa shape index (κ1) is 39.7. The van der Waals surface area contributed by atoms with Gasteiger partial charge in [-0.05, 0) is 124 Å². The third kappa shape index (κ3) is 6.42. The summed E-state index contributed by atoms with van der Waals surface area (Å²) in [6.07, 6.45) is 26.6. The average Bonchev–Trinajstić information content (AvgIpc) is 4.08. The molecule has 8 heteroatoms. The predicted octanol–water partition coefficient (Wildman–Crippen LogP) is 11.5. The van der Waals surface area contributed by atoms with Crippen molar-refractivity contribution in [2.45, 2.75) is 152 Å². The van der Waals surface area contributed by atoms with Crippen LogP contribution in [0.2, 0.25) is 0 Å². The lowest BCUT2D eigenvalue weighted by Crippen LogP contribution is -2.62. The molecule has 0 amide bonds. The Kier molecular flexibility index (Phi) is 10.5. The summed E-state index contributed by atoms with van der Waals surface area (Å²) in [4.78, 5) is 15.8. The number of allylic oxidation sites excluding steroid dienone is 2. The Hall–Kier alpha value is -2.13. The SMILES string of the molecule is COC1=C(C)C(=O)OC1=C1OC2=CCCN3C(CC4C5CC6(CCC(C6)C6(CCCCC6)SSCC6=CCC(C7CCCC7)CC6C(O)C53)C4c3ccccc3)C2C1C. The lowest BCUT2D eigenvalue weighted by Gasteiger charge is -2.54. The molecule has 1 aromatic rings. The van der Waals surface area contributed by atoms with Crippen LogP contribution in [0.3, 0.4) is 0 Å². The van der Waals surface area contributed by atoms with E-state index in [0.717, 1.165) is 54.9 Å². The number of esters is 1. The van der Waals surface area contributed by atoms with Crippen LogP contribution in [0.15, 0.2) is 76.7 Å². The number of piperidine rings is 1. The number of aliphatic hydroxyl groups is 1. The zero-order valence-corrected chi connectivity index (χ0v) is 37.4. The average molecular weight is 838 g/mol. The first-order chi connectivity index (χ1) is 28.8. The Bertz CT molecular complexity index is 1930.